The van der Waals surface area contributed by atoms with Crippen LogP contribution in [0.3, 0.4) is 0 Å². The number of carbonyl (C=O) groups is 3. The van der Waals surface area contributed by atoms with E-state index in [1.807, 2.05) is 44.2 Å². The maximum Gasteiger partial charge on any atom is 0.325 e. The van der Waals surface area contributed by atoms with Crippen molar-refractivity contribution in [1.29, 1.82) is 0 Å². The number of imide groups is 1. The van der Waals surface area contributed by atoms with Gasteiger partial charge in [-0.3, -0.25) is 14.5 Å². The summed E-state index contributed by atoms with van der Waals surface area (Å²) in [6.45, 7) is 5.12. The Bertz CT molecular complexity index is 915. The number of benzene rings is 2. The largest absolute Gasteiger partial charge is 0.347 e. The van der Waals surface area contributed by atoms with Crippen molar-refractivity contribution in [1.82, 2.24) is 15.5 Å². The second-order valence-electron chi connectivity index (χ2n) is 7.65. The number of amides is 4. The first kappa shape index (κ1) is 20.5. The third kappa shape index (κ3) is 4.13. The molecule has 1 fully saturated rings. The summed E-state index contributed by atoms with van der Waals surface area (Å²) in [5.41, 5.74) is 0.0517. The van der Waals surface area contributed by atoms with Crippen LogP contribution in [0.1, 0.15) is 37.9 Å². The quantitative estimate of drug-likeness (QED) is 0.735. The molecule has 2 aromatic carbocycles. The average molecular weight is 397 g/mol. The molecule has 7 heteroatoms. The third-order valence-corrected chi connectivity index (χ3v) is 5.14. The molecule has 0 saturated carbocycles. The van der Waals surface area contributed by atoms with E-state index in [1.54, 1.807) is 6.92 Å². The first-order valence-electron chi connectivity index (χ1n) is 9.47. The lowest BCUT2D eigenvalue weighted by molar-refractivity contribution is -0.135. The highest BCUT2D eigenvalue weighted by atomic mass is 19.1. The van der Waals surface area contributed by atoms with Gasteiger partial charge in [-0.25, -0.2) is 9.18 Å². The highest BCUT2D eigenvalue weighted by Crippen LogP contribution is 2.29. The van der Waals surface area contributed by atoms with Crippen molar-refractivity contribution in [3.63, 3.8) is 0 Å². The molecule has 2 unspecified atom stereocenters. The highest BCUT2D eigenvalue weighted by Gasteiger charge is 2.49. The summed E-state index contributed by atoms with van der Waals surface area (Å²) in [5.74, 6) is -1.30. The Morgan fingerprint density at radius 1 is 1.10 bits per heavy atom. The third-order valence-electron chi connectivity index (χ3n) is 5.14. The molecule has 3 rings (SSSR count). The molecule has 0 aliphatic carbocycles. The molecular weight excluding hydrogens is 373 g/mol. The van der Waals surface area contributed by atoms with Crippen LogP contribution in [0.15, 0.2) is 54.6 Å². The van der Waals surface area contributed by atoms with E-state index in [9.17, 15) is 18.8 Å². The van der Waals surface area contributed by atoms with Crippen LogP contribution < -0.4 is 10.6 Å². The van der Waals surface area contributed by atoms with E-state index in [0.717, 1.165) is 10.5 Å². The second kappa shape index (κ2) is 8.03. The summed E-state index contributed by atoms with van der Waals surface area (Å²) < 4.78 is 13.2. The lowest BCUT2D eigenvalue weighted by Gasteiger charge is -2.25. The summed E-state index contributed by atoms with van der Waals surface area (Å²) in [4.78, 5) is 38.8. The van der Waals surface area contributed by atoms with E-state index >= 15 is 0 Å². The molecule has 0 spiro atoms. The van der Waals surface area contributed by atoms with Crippen LogP contribution in [0.4, 0.5) is 9.18 Å². The lowest BCUT2D eigenvalue weighted by Crippen LogP contribution is -2.44. The van der Waals surface area contributed by atoms with Gasteiger partial charge >= 0.3 is 6.03 Å². The molecule has 2 N–H and O–H groups in total. The van der Waals surface area contributed by atoms with Crippen molar-refractivity contribution in [3.05, 3.63) is 71.5 Å². The molecule has 29 heavy (non-hydrogen) atoms. The molecule has 0 radical (unpaired) electrons. The molecule has 1 aliphatic heterocycles. The van der Waals surface area contributed by atoms with Crippen molar-refractivity contribution in [2.75, 3.05) is 6.54 Å². The van der Waals surface area contributed by atoms with Crippen molar-refractivity contribution in [2.24, 2.45) is 5.92 Å². The van der Waals surface area contributed by atoms with Crippen molar-refractivity contribution >= 4 is 17.8 Å². The molecule has 2 atom stereocenters. The first-order chi connectivity index (χ1) is 13.7. The minimum Gasteiger partial charge on any atom is -0.347 e. The topological polar surface area (TPSA) is 78.5 Å². The lowest BCUT2D eigenvalue weighted by atomic mass is 9.92. The van der Waals surface area contributed by atoms with Gasteiger partial charge in [0, 0.05) is 0 Å². The average Bonchev–Trinajstić information content (AvgIpc) is 2.91. The number of hydrogen-bond donors (Lipinski definition) is 2. The van der Waals surface area contributed by atoms with Gasteiger partial charge in [0.1, 0.15) is 17.9 Å². The fourth-order valence-corrected chi connectivity index (χ4v) is 3.48. The van der Waals surface area contributed by atoms with Crippen LogP contribution in [0.5, 0.6) is 0 Å². The van der Waals surface area contributed by atoms with Gasteiger partial charge in [0.05, 0.1) is 6.04 Å². The standard InChI is InChI=1S/C22H24FN3O3/c1-14(2)19(15-7-5-4-6-8-15)24-18(27)13-26-20(28)22(3,25-21(26)29)16-9-11-17(23)12-10-16/h4-12,14,19H,13H2,1-3H3,(H,24,27)(H,25,29). The van der Waals surface area contributed by atoms with E-state index in [4.69, 9.17) is 0 Å². The molecule has 6 nitrogen and oxygen atoms in total. The summed E-state index contributed by atoms with van der Waals surface area (Å²) in [6.07, 6.45) is 0. The number of urea groups is 1. The van der Waals surface area contributed by atoms with E-state index < -0.39 is 35.7 Å². The molecule has 0 aromatic heterocycles. The number of carbonyl (C=O) groups excluding carboxylic acids is 3. The molecule has 1 heterocycles. The van der Waals surface area contributed by atoms with Gasteiger partial charge < -0.3 is 10.6 Å². The van der Waals surface area contributed by atoms with Gasteiger partial charge in [0.2, 0.25) is 5.91 Å². The number of nitrogens with zero attached hydrogens (tertiary/aromatic N) is 1. The smallest absolute Gasteiger partial charge is 0.325 e. The normalized spacial score (nSPS) is 20.0. The molecule has 1 aliphatic rings. The van der Waals surface area contributed by atoms with Crippen LogP contribution in [-0.4, -0.2) is 29.3 Å². The number of rotatable bonds is 6. The summed E-state index contributed by atoms with van der Waals surface area (Å²) in [7, 11) is 0. The van der Waals surface area contributed by atoms with Crippen LogP contribution in [0.25, 0.3) is 0 Å². The molecule has 1 saturated heterocycles. The molecule has 0 bridgehead atoms. The van der Waals surface area contributed by atoms with Crippen molar-refractivity contribution < 1.29 is 18.8 Å². The summed E-state index contributed by atoms with van der Waals surface area (Å²) in [6, 6.07) is 14.0. The zero-order valence-electron chi connectivity index (χ0n) is 16.6. The van der Waals surface area contributed by atoms with E-state index in [-0.39, 0.29) is 12.0 Å². The first-order valence-corrected chi connectivity index (χ1v) is 9.47. The number of nitrogens with one attached hydrogen (secondary N) is 2. The van der Waals surface area contributed by atoms with Crippen LogP contribution in [0, 0.1) is 11.7 Å². The predicted molar refractivity (Wildman–Crippen MR) is 106 cm³/mol. The summed E-state index contributed by atoms with van der Waals surface area (Å²) in [5, 5.41) is 5.53. The van der Waals surface area contributed by atoms with Crippen LogP contribution >= 0.6 is 0 Å². The Morgan fingerprint density at radius 3 is 2.31 bits per heavy atom. The molecular formula is C22H24FN3O3. The van der Waals surface area contributed by atoms with E-state index in [0.29, 0.717) is 5.56 Å². The Balaban J connectivity index is 1.74. The summed E-state index contributed by atoms with van der Waals surface area (Å²) >= 11 is 0. The van der Waals surface area contributed by atoms with Gasteiger partial charge in [-0.1, -0.05) is 56.3 Å². The van der Waals surface area contributed by atoms with E-state index in [2.05, 4.69) is 10.6 Å². The van der Waals surface area contributed by atoms with Gasteiger partial charge in [0.25, 0.3) is 5.91 Å². The number of hydrogen-bond acceptors (Lipinski definition) is 3. The van der Waals surface area contributed by atoms with Gasteiger partial charge in [-0.15, -0.1) is 0 Å². The zero-order valence-corrected chi connectivity index (χ0v) is 16.6. The number of halogens is 1. The van der Waals surface area contributed by atoms with Crippen LogP contribution in [-0.2, 0) is 15.1 Å². The maximum atomic E-state index is 13.2. The Kier molecular flexibility index (Phi) is 5.68. The molecule has 152 valence electrons. The Morgan fingerprint density at radius 2 is 1.72 bits per heavy atom. The molecule has 2 aromatic rings. The SMILES string of the molecule is CC(C)C(NC(=O)CN1C(=O)NC(C)(c2ccc(F)cc2)C1=O)c1ccccc1. The van der Waals surface area contributed by atoms with E-state index in [1.165, 1.54) is 24.3 Å². The minimum absolute atomic E-state index is 0.119. The Labute approximate surface area is 169 Å². The monoisotopic (exact) mass is 397 g/mol. The van der Waals surface area contributed by atoms with Gasteiger partial charge in [-0.2, -0.15) is 0 Å². The van der Waals surface area contributed by atoms with Gasteiger partial charge in [0.15, 0.2) is 0 Å². The molecule has 4 amide bonds. The van der Waals surface area contributed by atoms with Gasteiger partial charge in [-0.05, 0) is 36.1 Å². The van der Waals surface area contributed by atoms with Crippen LogP contribution in [0.2, 0.25) is 0 Å². The second-order valence-corrected chi connectivity index (χ2v) is 7.65. The zero-order chi connectivity index (χ0) is 21.2. The highest BCUT2D eigenvalue weighted by molar-refractivity contribution is 6.09. The fraction of sp³-hybridized carbons (Fsp3) is 0.318. The predicted octanol–water partition coefficient (Wildman–Crippen LogP) is 3.11. The fourth-order valence-electron chi connectivity index (χ4n) is 3.48. The van der Waals surface area contributed by atoms with Crippen molar-refractivity contribution in [3.8, 4) is 0 Å². The van der Waals surface area contributed by atoms with Crippen molar-refractivity contribution in [2.45, 2.75) is 32.4 Å². The Hall–Kier alpha value is -3.22. The minimum atomic E-state index is -1.35. The maximum absolute atomic E-state index is 13.2.